The summed E-state index contributed by atoms with van der Waals surface area (Å²) >= 11 is 0. The van der Waals surface area contributed by atoms with Gasteiger partial charge in [-0.05, 0) is 35.4 Å². The third kappa shape index (κ3) is 3.68. The number of esters is 1. The first-order valence-electron chi connectivity index (χ1n) is 10.8. The predicted octanol–water partition coefficient (Wildman–Crippen LogP) is 6.37. The molecule has 0 saturated heterocycles. The minimum Gasteiger partial charge on any atom is -0.496 e. The second-order valence-corrected chi connectivity index (χ2v) is 7.66. The van der Waals surface area contributed by atoms with Gasteiger partial charge in [-0.1, -0.05) is 72.8 Å². The number of rotatable bonds is 5. The Labute approximate surface area is 197 Å². The molecule has 34 heavy (non-hydrogen) atoms. The summed E-state index contributed by atoms with van der Waals surface area (Å²) in [5.74, 6) is 0.278. The largest absolute Gasteiger partial charge is 0.496 e. The SMILES string of the molecule is COc1ccccc1C(=O)Oc1c(-c2ccccc2)c(-c2ccccc2)n2ccc(C#N)cc12. The van der Waals surface area contributed by atoms with Gasteiger partial charge in [-0.3, -0.25) is 0 Å². The molecule has 0 saturated carbocycles. The maximum atomic E-state index is 13.3. The number of nitriles is 1. The van der Waals surface area contributed by atoms with Crippen molar-refractivity contribution >= 4 is 11.5 Å². The van der Waals surface area contributed by atoms with Crippen LogP contribution in [-0.4, -0.2) is 17.5 Å². The lowest BCUT2D eigenvalue weighted by atomic mass is 10.0. The van der Waals surface area contributed by atoms with Gasteiger partial charge in [0.1, 0.15) is 11.3 Å². The first-order valence-corrected chi connectivity index (χ1v) is 10.8. The zero-order valence-electron chi connectivity index (χ0n) is 18.4. The van der Waals surface area contributed by atoms with Crippen LogP contribution < -0.4 is 9.47 Å². The normalized spacial score (nSPS) is 10.6. The Morgan fingerprint density at radius 3 is 2.18 bits per heavy atom. The van der Waals surface area contributed by atoms with E-state index in [0.717, 1.165) is 22.4 Å². The minimum absolute atomic E-state index is 0.320. The first-order chi connectivity index (χ1) is 16.7. The number of ether oxygens (including phenoxy) is 2. The number of pyridine rings is 1. The van der Waals surface area contributed by atoms with Crippen LogP contribution in [0.1, 0.15) is 15.9 Å². The highest BCUT2D eigenvalue weighted by atomic mass is 16.5. The van der Waals surface area contributed by atoms with Crippen molar-refractivity contribution in [1.29, 1.82) is 5.26 Å². The van der Waals surface area contributed by atoms with Gasteiger partial charge in [0.15, 0.2) is 5.75 Å². The van der Waals surface area contributed by atoms with E-state index >= 15 is 0 Å². The second-order valence-electron chi connectivity index (χ2n) is 7.66. The Morgan fingerprint density at radius 2 is 1.50 bits per heavy atom. The molecule has 2 heterocycles. The van der Waals surface area contributed by atoms with Crippen molar-refractivity contribution in [3.63, 3.8) is 0 Å². The number of fused-ring (bicyclic) bond motifs is 1. The number of methoxy groups -OCH3 is 1. The lowest BCUT2D eigenvalue weighted by Gasteiger charge is -2.11. The molecule has 2 aromatic heterocycles. The maximum Gasteiger partial charge on any atom is 0.347 e. The zero-order valence-corrected chi connectivity index (χ0v) is 18.4. The maximum absolute atomic E-state index is 13.3. The van der Waals surface area contributed by atoms with Gasteiger partial charge in [0.2, 0.25) is 0 Å². The minimum atomic E-state index is -0.538. The fourth-order valence-corrected chi connectivity index (χ4v) is 4.11. The monoisotopic (exact) mass is 444 g/mol. The van der Waals surface area contributed by atoms with Gasteiger partial charge in [0, 0.05) is 6.20 Å². The molecular weight excluding hydrogens is 424 g/mol. The molecule has 164 valence electrons. The van der Waals surface area contributed by atoms with Crippen molar-refractivity contribution in [2.24, 2.45) is 0 Å². The molecule has 0 aliphatic rings. The smallest absolute Gasteiger partial charge is 0.347 e. The number of nitrogens with zero attached hydrogens (tertiary/aromatic N) is 2. The summed E-state index contributed by atoms with van der Waals surface area (Å²) in [7, 11) is 1.52. The Balaban J connectivity index is 1.81. The fraction of sp³-hybridized carbons (Fsp3) is 0.0345. The molecule has 0 atom stereocenters. The molecule has 0 aliphatic heterocycles. The molecule has 0 radical (unpaired) electrons. The Hall–Kier alpha value is -4.82. The summed E-state index contributed by atoms with van der Waals surface area (Å²) < 4.78 is 13.4. The Morgan fingerprint density at radius 1 is 0.853 bits per heavy atom. The highest BCUT2D eigenvalue weighted by Crippen LogP contribution is 2.45. The van der Waals surface area contributed by atoms with E-state index in [4.69, 9.17) is 9.47 Å². The molecule has 0 bridgehead atoms. The van der Waals surface area contributed by atoms with Crippen LogP contribution in [0.2, 0.25) is 0 Å². The number of hydrogen-bond donors (Lipinski definition) is 0. The number of aromatic nitrogens is 1. The molecule has 5 aromatic rings. The lowest BCUT2D eigenvalue weighted by molar-refractivity contribution is 0.0734. The van der Waals surface area contributed by atoms with E-state index in [2.05, 4.69) is 6.07 Å². The number of benzene rings is 3. The van der Waals surface area contributed by atoms with Crippen molar-refractivity contribution in [2.75, 3.05) is 7.11 Å². The molecule has 3 aromatic carbocycles. The molecule has 0 amide bonds. The second kappa shape index (κ2) is 8.97. The summed E-state index contributed by atoms with van der Waals surface area (Å²) in [5.41, 5.74) is 4.91. The van der Waals surface area contributed by atoms with E-state index in [1.165, 1.54) is 7.11 Å². The van der Waals surface area contributed by atoms with Crippen molar-refractivity contribution < 1.29 is 14.3 Å². The van der Waals surface area contributed by atoms with Crippen molar-refractivity contribution in [2.45, 2.75) is 0 Å². The fourth-order valence-electron chi connectivity index (χ4n) is 4.11. The van der Waals surface area contributed by atoms with Crippen LogP contribution in [0.4, 0.5) is 0 Å². The van der Waals surface area contributed by atoms with E-state index in [1.807, 2.05) is 71.3 Å². The van der Waals surface area contributed by atoms with Crippen LogP contribution in [0.15, 0.2) is 103 Å². The van der Waals surface area contributed by atoms with Crippen LogP contribution in [0.3, 0.4) is 0 Å². The van der Waals surface area contributed by atoms with Gasteiger partial charge >= 0.3 is 5.97 Å². The molecular formula is C29H20N2O3. The molecule has 5 heteroatoms. The molecule has 0 spiro atoms. The van der Waals surface area contributed by atoms with E-state index in [9.17, 15) is 10.1 Å². The number of carbonyl (C=O) groups is 1. The van der Waals surface area contributed by atoms with Crippen LogP contribution in [0.5, 0.6) is 11.5 Å². The first kappa shape index (κ1) is 21.0. The van der Waals surface area contributed by atoms with Gasteiger partial charge in [0.05, 0.1) is 35.5 Å². The van der Waals surface area contributed by atoms with Gasteiger partial charge < -0.3 is 13.9 Å². The average molecular weight is 444 g/mol. The molecule has 5 nitrogen and oxygen atoms in total. The van der Waals surface area contributed by atoms with Crippen LogP contribution in [0.25, 0.3) is 27.9 Å². The van der Waals surface area contributed by atoms with Crippen LogP contribution >= 0.6 is 0 Å². The van der Waals surface area contributed by atoms with Crippen molar-refractivity contribution in [3.8, 4) is 40.0 Å². The summed E-state index contributed by atoms with van der Waals surface area (Å²) in [5, 5.41) is 9.54. The molecule has 5 rings (SSSR count). The summed E-state index contributed by atoms with van der Waals surface area (Å²) in [4.78, 5) is 13.3. The third-order valence-corrected chi connectivity index (χ3v) is 5.65. The molecule has 0 unspecified atom stereocenters. The molecule has 0 aliphatic carbocycles. The number of carbonyl (C=O) groups excluding carboxylic acids is 1. The number of hydrogen-bond acceptors (Lipinski definition) is 4. The quantitative estimate of drug-likeness (QED) is 0.295. The third-order valence-electron chi connectivity index (χ3n) is 5.65. The predicted molar refractivity (Wildman–Crippen MR) is 131 cm³/mol. The topological polar surface area (TPSA) is 63.7 Å². The standard InChI is InChI=1S/C29H20N2O3/c1-33-25-15-9-8-14-23(25)29(32)34-28-24-18-20(19-30)16-17-31(24)27(22-12-6-3-7-13-22)26(28)21-10-4-2-5-11-21/h2-18H,1H3. The van der Waals surface area contributed by atoms with E-state index in [-0.39, 0.29) is 0 Å². The molecule has 0 fully saturated rings. The van der Waals surface area contributed by atoms with Gasteiger partial charge in [-0.15, -0.1) is 0 Å². The van der Waals surface area contributed by atoms with Gasteiger partial charge in [0.25, 0.3) is 0 Å². The van der Waals surface area contributed by atoms with Gasteiger partial charge in [-0.2, -0.15) is 5.26 Å². The Bertz CT molecular complexity index is 1530. The highest BCUT2D eigenvalue weighted by Gasteiger charge is 2.26. The summed E-state index contributed by atoms with van der Waals surface area (Å²) in [6.07, 6.45) is 1.84. The lowest BCUT2D eigenvalue weighted by Crippen LogP contribution is -2.10. The molecule has 0 N–H and O–H groups in total. The van der Waals surface area contributed by atoms with Crippen LogP contribution in [-0.2, 0) is 0 Å². The highest BCUT2D eigenvalue weighted by molar-refractivity contribution is 6.00. The van der Waals surface area contributed by atoms with Gasteiger partial charge in [-0.25, -0.2) is 4.79 Å². The number of para-hydroxylation sites is 1. The van der Waals surface area contributed by atoms with Crippen molar-refractivity contribution in [1.82, 2.24) is 4.40 Å². The van der Waals surface area contributed by atoms with E-state index in [0.29, 0.717) is 28.1 Å². The van der Waals surface area contributed by atoms with Crippen LogP contribution in [0, 0.1) is 11.3 Å². The van der Waals surface area contributed by atoms with E-state index < -0.39 is 5.97 Å². The summed E-state index contributed by atoms with van der Waals surface area (Å²) in [6.45, 7) is 0. The average Bonchev–Trinajstić information content (AvgIpc) is 3.22. The Kier molecular flexibility index (Phi) is 5.55. The van der Waals surface area contributed by atoms with E-state index in [1.54, 1.807) is 36.4 Å². The van der Waals surface area contributed by atoms with Crippen molar-refractivity contribution in [3.05, 3.63) is 114 Å². The zero-order chi connectivity index (χ0) is 23.5. The summed E-state index contributed by atoms with van der Waals surface area (Å²) in [6, 6.07) is 32.3.